The van der Waals surface area contributed by atoms with Gasteiger partial charge in [-0.2, -0.15) is 0 Å². The average Bonchev–Trinajstić information content (AvgIpc) is 3.05. The zero-order chi connectivity index (χ0) is 18.5. The highest BCUT2D eigenvalue weighted by Gasteiger charge is 2.15. The minimum absolute atomic E-state index is 0.152. The first kappa shape index (κ1) is 18.1. The fraction of sp³-hybridized carbons (Fsp3) is 0.158. The van der Waals surface area contributed by atoms with E-state index in [0.717, 1.165) is 10.5 Å². The Morgan fingerprint density at radius 3 is 2.69 bits per heavy atom. The number of hydrogen-bond acceptors (Lipinski definition) is 3. The maximum Gasteiger partial charge on any atom is 0.279 e. The monoisotopic (exact) mass is 374 g/mol. The van der Waals surface area contributed by atoms with E-state index in [1.54, 1.807) is 36.5 Å². The molecule has 7 heteroatoms. The van der Waals surface area contributed by atoms with Crippen LogP contribution >= 0.6 is 11.6 Å². The quantitative estimate of drug-likeness (QED) is 0.697. The van der Waals surface area contributed by atoms with Crippen LogP contribution in [0.15, 0.2) is 59.1 Å². The third-order valence-electron chi connectivity index (χ3n) is 3.75. The van der Waals surface area contributed by atoms with E-state index in [2.05, 4.69) is 10.3 Å². The van der Waals surface area contributed by atoms with E-state index in [1.165, 1.54) is 12.1 Å². The third kappa shape index (κ3) is 4.68. The van der Waals surface area contributed by atoms with E-state index >= 15 is 0 Å². The van der Waals surface area contributed by atoms with E-state index in [-0.39, 0.29) is 18.3 Å². The summed E-state index contributed by atoms with van der Waals surface area (Å²) in [6, 6.07) is 13.1. The number of anilines is 1. The van der Waals surface area contributed by atoms with Crippen molar-refractivity contribution in [2.24, 2.45) is 0 Å². The van der Waals surface area contributed by atoms with Gasteiger partial charge in [0.05, 0.1) is 24.0 Å². The maximum absolute atomic E-state index is 13.0. The Hall–Kier alpha value is -2.70. The molecule has 1 aromatic heterocycles. The molecule has 5 nitrogen and oxygen atoms in total. The molecule has 0 bridgehead atoms. The lowest BCUT2D eigenvalue weighted by atomic mass is 10.2. The first-order chi connectivity index (χ1) is 12.5. The second-order valence-corrected chi connectivity index (χ2v) is 6.37. The van der Waals surface area contributed by atoms with Crippen molar-refractivity contribution in [2.75, 3.05) is 18.9 Å². The van der Waals surface area contributed by atoms with Crippen LogP contribution in [0.2, 0.25) is 5.02 Å². The van der Waals surface area contributed by atoms with Gasteiger partial charge in [-0.15, -0.1) is 0 Å². The Morgan fingerprint density at radius 1 is 1.23 bits per heavy atom. The number of aromatic nitrogens is 1. The van der Waals surface area contributed by atoms with E-state index in [1.807, 2.05) is 13.1 Å². The normalized spacial score (nSPS) is 12.0. The van der Waals surface area contributed by atoms with Crippen molar-refractivity contribution in [3.63, 3.8) is 0 Å². The number of oxazole rings is 1. The number of para-hydroxylation sites is 1. The number of amides is 1. The number of quaternary nitrogens is 1. The van der Waals surface area contributed by atoms with Gasteiger partial charge in [0, 0.05) is 5.56 Å². The van der Waals surface area contributed by atoms with Crippen molar-refractivity contribution < 1.29 is 18.5 Å². The van der Waals surface area contributed by atoms with Crippen LogP contribution in [0.3, 0.4) is 0 Å². The minimum Gasteiger partial charge on any atom is -0.435 e. The molecule has 0 spiro atoms. The Bertz CT molecular complexity index is 896. The number of carbonyl (C=O) groups excluding carboxylic acids is 1. The van der Waals surface area contributed by atoms with Gasteiger partial charge >= 0.3 is 0 Å². The molecule has 1 unspecified atom stereocenters. The number of benzene rings is 2. The lowest BCUT2D eigenvalue weighted by Gasteiger charge is -2.12. The first-order valence-corrected chi connectivity index (χ1v) is 8.45. The number of nitrogens with zero attached hydrogens (tertiary/aromatic N) is 1. The van der Waals surface area contributed by atoms with Crippen molar-refractivity contribution in [3.05, 3.63) is 71.5 Å². The summed E-state index contributed by atoms with van der Waals surface area (Å²) < 4.78 is 18.7. The molecule has 134 valence electrons. The van der Waals surface area contributed by atoms with Gasteiger partial charge in [-0.1, -0.05) is 23.7 Å². The van der Waals surface area contributed by atoms with Crippen LogP contribution in [-0.4, -0.2) is 24.5 Å². The highest BCUT2D eigenvalue weighted by molar-refractivity contribution is 6.33. The molecule has 0 fully saturated rings. The van der Waals surface area contributed by atoms with Gasteiger partial charge in [0.25, 0.3) is 11.8 Å². The van der Waals surface area contributed by atoms with Crippen LogP contribution in [0.5, 0.6) is 0 Å². The first-order valence-electron chi connectivity index (χ1n) is 8.07. The molecule has 1 heterocycles. The van der Waals surface area contributed by atoms with Gasteiger partial charge in [-0.05, 0) is 36.4 Å². The predicted molar refractivity (Wildman–Crippen MR) is 97.4 cm³/mol. The van der Waals surface area contributed by atoms with Crippen LogP contribution in [-0.2, 0) is 11.3 Å². The Kier molecular flexibility index (Phi) is 5.65. The van der Waals surface area contributed by atoms with Crippen LogP contribution in [0.25, 0.3) is 11.3 Å². The standard InChI is InChI=1S/C19H17ClFN3O2/c1-24(11-18(25)23-16-5-3-2-4-15(16)20)12-19-22-10-17(26-19)13-6-8-14(21)9-7-13/h2-10H,11-12H2,1H3,(H,23,25)/p+1. The second kappa shape index (κ2) is 8.12. The van der Waals surface area contributed by atoms with Gasteiger partial charge in [0.1, 0.15) is 5.82 Å². The van der Waals surface area contributed by atoms with Crippen molar-refractivity contribution in [1.82, 2.24) is 4.98 Å². The zero-order valence-corrected chi connectivity index (χ0v) is 14.9. The molecule has 0 aliphatic carbocycles. The molecule has 3 rings (SSSR count). The summed E-state index contributed by atoms with van der Waals surface area (Å²) in [4.78, 5) is 17.3. The molecule has 2 aromatic carbocycles. The molecule has 1 atom stereocenters. The fourth-order valence-electron chi connectivity index (χ4n) is 2.49. The molecular weight excluding hydrogens is 357 g/mol. The summed E-state index contributed by atoms with van der Waals surface area (Å²) in [5.41, 5.74) is 1.33. The largest absolute Gasteiger partial charge is 0.435 e. The highest BCUT2D eigenvalue weighted by Crippen LogP contribution is 2.21. The Labute approximate surface area is 155 Å². The molecule has 0 aliphatic rings. The number of halogens is 2. The summed E-state index contributed by atoms with van der Waals surface area (Å²) >= 11 is 6.04. The lowest BCUT2D eigenvalue weighted by Crippen LogP contribution is -3.08. The van der Waals surface area contributed by atoms with Gasteiger partial charge in [-0.3, -0.25) is 4.79 Å². The highest BCUT2D eigenvalue weighted by atomic mass is 35.5. The minimum atomic E-state index is -0.304. The maximum atomic E-state index is 13.0. The van der Waals surface area contributed by atoms with Gasteiger partial charge in [-0.25, -0.2) is 9.37 Å². The number of rotatable bonds is 6. The van der Waals surface area contributed by atoms with Crippen LogP contribution in [0, 0.1) is 5.82 Å². The van der Waals surface area contributed by atoms with Crippen LogP contribution in [0.1, 0.15) is 5.89 Å². The third-order valence-corrected chi connectivity index (χ3v) is 4.08. The summed E-state index contributed by atoms with van der Waals surface area (Å²) in [6.45, 7) is 0.677. The van der Waals surface area contributed by atoms with Crippen LogP contribution < -0.4 is 10.2 Å². The van der Waals surface area contributed by atoms with Crippen LogP contribution in [0.4, 0.5) is 10.1 Å². The zero-order valence-electron chi connectivity index (χ0n) is 14.1. The molecule has 0 saturated carbocycles. The molecule has 0 aliphatic heterocycles. The van der Waals surface area contributed by atoms with E-state index in [9.17, 15) is 9.18 Å². The molecule has 3 aromatic rings. The summed E-state index contributed by atoms with van der Waals surface area (Å²) in [5, 5.41) is 3.28. The number of hydrogen-bond donors (Lipinski definition) is 2. The topological polar surface area (TPSA) is 59.6 Å². The van der Waals surface area contributed by atoms with Gasteiger partial charge < -0.3 is 14.6 Å². The SMILES string of the molecule is C[NH+](CC(=O)Nc1ccccc1Cl)Cc1ncc(-c2ccc(F)cc2)o1. The average molecular weight is 375 g/mol. The fourth-order valence-corrected chi connectivity index (χ4v) is 2.67. The van der Waals surface area contributed by atoms with Gasteiger partial charge in [0.2, 0.25) is 0 Å². The van der Waals surface area contributed by atoms with Crippen molar-refractivity contribution in [2.45, 2.75) is 6.54 Å². The molecular formula is C19H18ClFN3O2+. The molecule has 0 radical (unpaired) electrons. The molecule has 1 amide bonds. The van der Waals surface area contributed by atoms with Crippen molar-refractivity contribution in [1.29, 1.82) is 0 Å². The van der Waals surface area contributed by atoms with E-state index < -0.39 is 0 Å². The number of carbonyl (C=O) groups is 1. The van der Waals surface area contributed by atoms with Crippen molar-refractivity contribution in [3.8, 4) is 11.3 Å². The second-order valence-electron chi connectivity index (χ2n) is 5.96. The Morgan fingerprint density at radius 2 is 1.96 bits per heavy atom. The molecule has 26 heavy (non-hydrogen) atoms. The lowest BCUT2D eigenvalue weighted by molar-refractivity contribution is -0.886. The summed E-state index contributed by atoms with van der Waals surface area (Å²) in [6.07, 6.45) is 1.60. The van der Waals surface area contributed by atoms with Gasteiger partial charge in [0.15, 0.2) is 18.8 Å². The number of likely N-dealkylation sites (N-methyl/N-ethyl adjacent to an activating group) is 1. The van der Waals surface area contributed by atoms with E-state index in [0.29, 0.717) is 28.9 Å². The van der Waals surface area contributed by atoms with E-state index in [4.69, 9.17) is 16.0 Å². The number of nitrogens with one attached hydrogen (secondary N) is 2. The summed E-state index contributed by atoms with van der Waals surface area (Å²) in [5.74, 6) is 0.615. The van der Waals surface area contributed by atoms with Crippen molar-refractivity contribution >= 4 is 23.2 Å². The molecule has 0 saturated heterocycles. The summed E-state index contributed by atoms with van der Waals surface area (Å²) in [7, 11) is 1.87. The predicted octanol–water partition coefficient (Wildman–Crippen LogP) is 2.79. The molecule has 2 N–H and O–H groups in total. The Balaban J connectivity index is 1.56. The smallest absolute Gasteiger partial charge is 0.279 e.